The van der Waals surface area contributed by atoms with Gasteiger partial charge in [0.1, 0.15) is 11.9 Å². The molecule has 0 aliphatic carbocycles. The van der Waals surface area contributed by atoms with Crippen molar-refractivity contribution in [3.05, 3.63) is 30.1 Å². The molecule has 1 amide bonds. The third-order valence-corrected chi connectivity index (χ3v) is 4.51. The second kappa shape index (κ2) is 9.17. The molecule has 0 radical (unpaired) electrons. The summed E-state index contributed by atoms with van der Waals surface area (Å²) in [7, 11) is 1.96. The van der Waals surface area contributed by atoms with Crippen molar-refractivity contribution >= 4 is 12.0 Å². The van der Waals surface area contributed by atoms with Gasteiger partial charge in [0.25, 0.3) is 0 Å². The zero-order chi connectivity index (χ0) is 19.2. The number of aromatic nitrogens is 1. The number of hydrogen-bond donors (Lipinski definition) is 1. The van der Waals surface area contributed by atoms with Crippen molar-refractivity contribution in [3.63, 3.8) is 0 Å². The summed E-state index contributed by atoms with van der Waals surface area (Å²) in [4.78, 5) is 18.6. The van der Waals surface area contributed by atoms with Crippen LogP contribution in [0, 0.1) is 5.41 Å². The van der Waals surface area contributed by atoms with Gasteiger partial charge in [-0.15, -0.1) is 0 Å². The Morgan fingerprint density at radius 3 is 2.92 bits per heavy atom. The number of nitrogens with one attached hydrogen (secondary N) is 1. The van der Waals surface area contributed by atoms with Gasteiger partial charge in [-0.3, -0.25) is 9.78 Å². The van der Waals surface area contributed by atoms with Gasteiger partial charge in [-0.1, -0.05) is 32.9 Å². The number of likely N-dealkylation sites (tertiary alicyclic amines) is 1. The van der Waals surface area contributed by atoms with Crippen LogP contribution >= 0.6 is 0 Å². The zero-order valence-corrected chi connectivity index (χ0v) is 16.8. The molecule has 0 bridgehead atoms. The van der Waals surface area contributed by atoms with Crippen molar-refractivity contribution in [3.8, 4) is 5.75 Å². The molecule has 1 fully saturated rings. The Kier molecular flexibility index (Phi) is 7.21. The van der Waals surface area contributed by atoms with Crippen LogP contribution in [0.1, 0.15) is 52.5 Å². The molecular formula is C21H33N3O2. The maximum atomic E-state index is 12.4. The van der Waals surface area contributed by atoms with E-state index in [0.717, 1.165) is 30.7 Å². The van der Waals surface area contributed by atoms with Crippen LogP contribution in [0.5, 0.6) is 5.75 Å². The maximum absolute atomic E-state index is 12.4. The topological polar surface area (TPSA) is 54.5 Å². The van der Waals surface area contributed by atoms with Gasteiger partial charge in [0.2, 0.25) is 5.91 Å². The molecule has 1 aromatic heterocycles. The average molecular weight is 360 g/mol. The number of pyridine rings is 1. The molecule has 1 aromatic rings. The summed E-state index contributed by atoms with van der Waals surface area (Å²) in [5, 5.41) is 3.21. The lowest BCUT2D eigenvalue weighted by Crippen LogP contribution is -2.33. The fourth-order valence-corrected chi connectivity index (χ4v) is 2.93. The number of nitrogens with zero attached hydrogens (tertiary/aromatic N) is 2. The zero-order valence-electron chi connectivity index (χ0n) is 16.8. The first kappa shape index (κ1) is 20.4. The first-order chi connectivity index (χ1) is 12.3. The molecule has 0 saturated carbocycles. The predicted octanol–water partition coefficient (Wildman–Crippen LogP) is 3.51. The lowest BCUT2D eigenvalue weighted by atomic mass is 9.92. The molecule has 144 valence electrons. The molecule has 5 heteroatoms. The summed E-state index contributed by atoms with van der Waals surface area (Å²) in [5.74, 6) is 0.987. The second-order valence-electron chi connectivity index (χ2n) is 8.39. The van der Waals surface area contributed by atoms with Crippen molar-refractivity contribution in [2.75, 3.05) is 20.1 Å². The summed E-state index contributed by atoms with van der Waals surface area (Å²) in [6.07, 6.45) is 10.3. The molecule has 1 N–H and O–H groups in total. The molecule has 26 heavy (non-hydrogen) atoms. The molecule has 0 aromatic carbocycles. The van der Waals surface area contributed by atoms with Crippen molar-refractivity contribution in [2.45, 2.75) is 59.1 Å². The minimum absolute atomic E-state index is 0.0193. The van der Waals surface area contributed by atoms with Gasteiger partial charge >= 0.3 is 0 Å². The molecule has 2 rings (SSSR count). The van der Waals surface area contributed by atoms with E-state index in [0.29, 0.717) is 19.0 Å². The van der Waals surface area contributed by atoms with E-state index in [1.807, 2.05) is 24.2 Å². The Labute approximate surface area is 157 Å². The van der Waals surface area contributed by atoms with Crippen LogP contribution in [0.2, 0.25) is 0 Å². The lowest BCUT2D eigenvalue weighted by Gasteiger charge is -2.23. The van der Waals surface area contributed by atoms with E-state index in [2.05, 4.69) is 50.1 Å². The van der Waals surface area contributed by atoms with Gasteiger partial charge in [-0.2, -0.15) is 0 Å². The van der Waals surface area contributed by atoms with Crippen LogP contribution in [0.4, 0.5) is 0 Å². The van der Waals surface area contributed by atoms with E-state index in [1.165, 1.54) is 0 Å². The standard InChI is InChI=1S/C21H33N3O2/c1-16(22-5)7-6-8-17-11-19(14-23-13-17)26-18-9-10-24(15-18)20(25)12-21(2,3)4/h6,8,11,13-14,16,18,22H,7,9-10,12,15H2,1-5H3/t16-,18+/m0/s1. The van der Waals surface area contributed by atoms with E-state index >= 15 is 0 Å². The van der Waals surface area contributed by atoms with Gasteiger partial charge in [0.15, 0.2) is 0 Å². The number of ether oxygens (including phenoxy) is 1. The van der Waals surface area contributed by atoms with Gasteiger partial charge in [0.05, 0.1) is 12.7 Å². The highest BCUT2D eigenvalue weighted by Crippen LogP contribution is 2.24. The molecule has 1 saturated heterocycles. The van der Waals surface area contributed by atoms with E-state index in [4.69, 9.17) is 4.74 Å². The van der Waals surface area contributed by atoms with Gasteiger partial charge in [0, 0.05) is 31.6 Å². The van der Waals surface area contributed by atoms with Crippen LogP contribution in [0.25, 0.3) is 6.08 Å². The van der Waals surface area contributed by atoms with Crippen molar-refractivity contribution in [1.82, 2.24) is 15.2 Å². The first-order valence-electron chi connectivity index (χ1n) is 9.50. The highest BCUT2D eigenvalue weighted by molar-refractivity contribution is 5.77. The fraction of sp³-hybridized carbons (Fsp3) is 0.619. The fourth-order valence-electron chi connectivity index (χ4n) is 2.93. The van der Waals surface area contributed by atoms with E-state index in [1.54, 1.807) is 6.20 Å². The summed E-state index contributed by atoms with van der Waals surface area (Å²) in [5.41, 5.74) is 1.05. The normalized spacial score (nSPS) is 19.1. The molecule has 5 nitrogen and oxygen atoms in total. The Morgan fingerprint density at radius 2 is 2.23 bits per heavy atom. The Bertz CT molecular complexity index is 622. The molecule has 2 heterocycles. The van der Waals surface area contributed by atoms with Crippen molar-refractivity contribution < 1.29 is 9.53 Å². The highest BCUT2D eigenvalue weighted by atomic mass is 16.5. The van der Waals surface area contributed by atoms with Gasteiger partial charge < -0.3 is 15.0 Å². The summed E-state index contributed by atoms with van der Waals surface area (Å²) >= 11 is 0. The highest BCUT2D eigenvalue weighted by Gasteiger charge is 2.29. The maximum Gasteiger partial charge on any atom is 0.223 e. The lowest BCUT2D eigenvalue weighted by molar-refractivity contribution is -0.132. The van der Waals surface area contributed by atoms with E-state index < -0.39 is 0 Å². The SMILES string of the molecule is CN[C@@H](C)CC=Cc1cncc(O[C@@H]2CCN(C(=O)CC(C)(C)C)C2)c1. The van der Waals surface area contributed by atoms with Gasteiger partial charge in [-0.25, -0.2) is 0 Å². The predicted molar refractivity (Wildman–Crippen MR) is 106 cm³/mol. The third kappa shape index (κ3) is 6.79. The van der Waals surface area contributed by atoms with E-state index in [9.17, 15) is 4.79 Å². The number of carbonyl (C=O) groups is 1. The first-order valence-corrected chi connectivity index (χ1v) is 9.50. The number of rotatable bonds is 7. The average Bonchev–Trinajstić information content (AvgIpc) is 3.02. The van der Waals surface area contributed by atoms with Crippen LogP contribution in [-0.4, -0.2) is 48.1 Å². The quantitative estimate of drug-likeness (QED) is 0.809. The summed E-state index contributed by atoms with van der Waals surface area (Å²) in [6.45, 7) is 9.86. The minimum Gasteiger partial charge on any atom is -0.487 e. The third-order valence-electron chi connectivity index (χ3n) is 4.51. The Hall–Kier alpha value is -1.88. The minimum atomic E-state index is 0.0193. The largest absolute Gasteiger partial charge is 0.487 e. The molecular weight excluding hydrogens is 326 g/mol. The second-order valence-corrected chi connectivity index (χ2v) is 8.39. The van der Waals surface area contributed by atoms with Crippen LogP contribution in [-0.2, 0) is 4.79 Å². The van der Waals surface area contributed by atoms with Crippen LogP contribution in [0.15, 0.2) is 24.5 Å². The smallest absolute Gasteiger partial charge is 0.223 e. The van der Waals surface area contributed by atoms with Crippen LogP contribution in [0.3, 0.4) is 0 Å². The monoisotopic (exact) mass is 359 g/mol. The molecule has 1 aliphatic rings. The number of hydrogen-bond acceptors (Lipinski definition) is 4. The number of carbonyl (C=O) groups excluding carboxylic acids is 1. The summed E-state index contributed by atoms with van der Waals surface area (Å²) < 4.78 is 6.07. The van der Waals surface area contributed by atoms with Gasteiger partial charge in [-0.05, 0) is 37.4 Å². The Balaban J connectivity index is 1.88. The molecule has 0 spiro atoms. The van der Waals surface area contributed by atoms with E-state index in [-0.39, 0.29) is 17.4 Å². The molecule has 0 unspecified atom stereocenters. The summed E-state index contributed by atoms with van der Waals surface area (Å²) in [6, 6.07) is 2.46. The number of amides is 1. The Morgan fingerprint density at radius 1 is 1.46 bits per heavy atom. The molecule has 1 aliphatic heterocycles. The van der Waals surface area contributed by atoms with Crippen molar-refractivity contribution in [2.24, 2.45) is 5.41 Å². The van der Waals surface area contributed by atoms with Crippen molar-refractivity contribution in [1.29, 1.82) is 0 Å². The molecule has 2 atom stereocenters. The van der Waals surface area contributed by atoms with Crippen LogP contribution < -0.4 is 10.1 Å².